The molecule has 1 fully saturated rings. The number of benzene rings is 2. The summed E-state index contributed by atoms with van der Waals surface area (Å²) >= 11 is 5.97. The number of nitriles is 1. The van der Waals surface area contributed by atoms with E-state index in [0.717, 1.165) is 38.5 Å². The molecule has 0 aromatic heterocycles. The van der Waals surface area contributed by atoms with E-state index < -0.39 is 0 Å². The monoisotopic (exact) mass is 341 g/mol. The third-order valence-corrected chi connectivity index (χ3v) is 4.49. The maximum Gasteiger partial charge on any atom is 0.101 e. The van der Waals surface area contributed by atoms with E-state index in [0.29, 0.717) is 10.6 Å². The zero-order chi connectivity index (χ0) is 16.8. The maximum absolute atomic E-state index is 9.30. The highest BCUT2D eigenvalue weighted by atomic mass is 35.5. The molecular weight excluding hydrogens is 322 g/mol. The zero-order valence-electron chi connectivity index (χ0n) is 13.4. The fourth-order valence-electron chi connectivity index (χ4n) is 2.99. The third kappa shape index (κ3) is 4.07. The van der Waals surface area contributed by atoms with Crippen molar-refractivity contribution in [2.24, 2.45) is 0 Å². The number of halogens is 1. The second kappa shape index (κ2) is 8.16. The van der Waals surface area contributed by atoms with E-state index in [2.05, 4.69) is 40.6 Å². The SMILES string of the molecule is N#Cc1cc(Cl)ccc1NCC(c1ccccc1)N1CCOCC1. The summed E-state index contributed by atoms with van der Waals surface area (Å²) in [6.45, 7) is 4.06. The molecule has 1 aliphatic rings. The Kier molecular flexibility index (Phi) is 5.71. The van der Waals surface area contributed by atoms with E-state index in [1.54, 1.807) is 12.1 Å². The number of ether oxygens (including phenoxy) is 1. The molecule has 1 unspecified atom stereocenters. The average Bonchev–Trinajstić information content (AvgIpc) is 2.64. The number of morpholine rings is 1. The number of rotatable bonds is 5. The predicted molar refractivity (Wildman–Crippen MR) is 96.2 cm³/mol. The molecule has 2 aromatic rings. The first-order chi connectivity index (χ1) is 11.8. The number of nitrogens with zero attached hydrogens (tertiary/aromatic N) is 2. The van der Waals surface area contributed by atoms with Crippen LogP contribution in [-0.4, -0.2) is 37.7 Å². The first kappa shape index (κ1) is 16.8. The van der Waals surface area contributed by atoms with Gasteiger partial charge in [0.05, 0.1) is 30.5 Å². The van der Waals surface area contributed by atoms with Gasteiger partial charge < -0.3 is 10.1 Å². The van der Waals surface area contributed by atoms with Gasteiger partial charge >= 0.3 is 0 Å². The first-order valence-corrected chi connectivity index (χ1v) is 8.46. The van der Waals surface area contributed by atoms with Crippen LogP contribution in [0.1, 0.15) is 17.2 Å². The van der Waals surface area contributed by atoms with Gasteiger partial charge in [-0.15, -0.1) is 0 Å². The quantitative estimate of drug-likeness (QED) is 0.901. The van der Waals surface area contributed by atoms with Crippen LogP contribution in [-0.2, 0) is 4.74 Å². The lowest BCUT2D eigenvalue weighted by molar-refractivity contribution is 0.0187. The van der Waals surface area contributed by atoms with Crippen LogP contribution in [0.4, 0.5) is 5.69 Å². The highest BCUT2D eigenvalue weighted by molar-refractivity contribution is 6.30. The lowest BCUT2D eigenvalue weighted by atomic mass is 10.0. The standard InChI is InChI=1S/C19H20ClN3O/c20-17-6-7-18(16(12-17)13-21)22-14-19(15-4-2-1-3-5-15)23-8-10-24-11-9-23/h1-7,12,19,22H,8-11,14H2. The first-order valence-electron chi connectivity index (χ1n) is 8.08. The Morgan fingerprint density at radius 1 is 1.17 bits per heavy atom. The van der Waals surface area contributed by atoms with Gasteiger partial charge in [0.1, 0.15) is 6.07 Å². The molecule has 0 aliphatic carbocycles. The summed E-state index contributed by atoms with van der Waals surface area (Å²) in [4.78, 5) is 2.42. The average molecular weight is 342 g/mol. The largest absolute Gasteiger partial charge is 0.382 e. The maximum atomic E-state index is 9.30. The molecule has 24 heavy (non-hydrogen) atoms. The van der Waals surface area contributed by atoms with Crippen molar-refractivity contribution in [3.8, 4) is 6.07 Å². The molecule has 1 heterocycles. The molecule has 2 aromatic carbocycles. The third-order valence-electron chi connectivity index (χ3n) is 4.26. The summed E-state index contributed by atoms with van der Waals surface area (Å²) in [5.74, 6) is 0. The van der Waals surface area contributed by atoms with Crippen LogP contribution < -0.4 is 5.32 Å². The van der Waals surface area contributed by atoms with Crippen molar-refractivity contribution >= 4 is 17.3 Å². The molecule has 1 aliphatic heterocycles. The van der Waals surface area contributed by atoms with Gasteiger partial charge in [-0.1, -0.05) is 41.9 Å². The van der Waals surface area contributed by atoms with Crippen molar-refractivity contribution in [2.75, 3.05) is 38.2 Å². The fourth-order valence-corrected chi connectivity index (χ4v) is 3.16. The van der Waals surface area contributed by atoms with Crippen molar-refractivity contribution in [3.63, 3.8) is 0 Å². The van der Waals surface area contributed by atoms with Gasteiger partial charge in [-0.05, 0) is 23.8 Å². The van der Waals surface area contributed by atoms with Crippen molar-refractivity contribution in [2.45, 2.75) is 6.04 Å². The summed E-state index contributed by atoms with van der Waals surface area (Å²) in [7, 11) is 0. The van der Waals surface area contributed by atoms with Crippen LogP contribution in [0.3, 0.4) is 0 Å². The zero-order valence-corrected chi connectivity index (χ0v) is 14.2. The normalized spacial score (nSPS) is 16.3. The van der Waals surface area contributed by atoms with E-state index in [9.17, 15) is 5.26 Å². The van der Waals surface area contributed by atoms with Gasteiger partial charge in [0.25, 0.3) is 0 Å². The van der Waals surface area contributed by atoms with Crippen LogP contribution >= 0.6 is 11.6 Å². The number of hydrogen-bond acceptors (Lipinski definition) is 4. The summed E-state index contributed by atoms with van der Waals surface area (Å²) in [5, 5.41) is 13.3. The van der Waals surface area contributed by atoms with Crippen LogP contribution in [0, 0.1) is 11.3 Å². The summed E-state index contributed by atoms with van der Waals surface area (Å²) < 4.78 is 5.48. The summed E-state index contributed by atoms with van der Waals surface area (Å²) in [6.07, 6.45) is 0. The number of hydrogen-bond donors (Lipinski definition) is 1. The molecule has 0 spiro atoms. The van der Waals surface area contributed by atoms with E-state index in [4.69, 9.17) is 16.3 Å². The Morgan fingerprint density at radius 2 is 1.92 bits per heavy atom. The van der Waals surface area contributed by atoms with Crippen LogP contribution in [0.2, 0.25) is 5.02 Å². The lowest BCUT2D eigenvalue weighted by Crippen LogP contribution is -2.41. The highest BCUT2D eigenvalue weighted by Crippen LogP contribution is 2.25. The molecular formula is C19H20ClN3O. The topological polar surface area (TPSA) is 48.3 Å². The van der Waals surface area contributed by atoms with Crippen molar-refractivity contribution in [1.82, 2.24) is 4.90 Å². The van der Waals surface area contributed by atoms with Crippen molar-refractivity contribution < 1.29 is 4.74 Å². The number of anilines is 1. The van der Waals surface area contributed by atoms with E-state index in [1.807, 2.05) is 12.1 Å². The molecule has 0 bridgehead atoms. The molecule has 1 N–H and O–H groups in total. The molecule has 124 valence electrons. The van der Waals surface area contributed by atoms with Gasteiger partial charge in [-0.3, -0.25) is 4.90 Å². The second-order valence-corrected chi connectivity index (χ2v) is 6.19. The van der Waals surface area contributed by atoms with E-state index >= 15 is 0 Å². The minimum absolute atomic E-state index is 0.234. The van der Waals surface area contributed by atoms with Crippen LogP contribution in [0.5, 0.6) is 0 Å². The van der Waals surface area contributed by atoms with Gasteiger partial charge in [0, 0.05) is 24.7 Å². The molecule has 1 saturated heterocycles. The van der Waals surface area contributed by atoms with Gasteiger partial charge in [0.15, 0.2) is 0 Å². The Labute approximate surface area is 147 Å². The van der Waals surface area contributed by atoms with Gasteiger partial charge in [0.2, 0.25) is 0 Å². The molecule has 4 nitrogen and oxygen atoms in total. The number of nitrogens with one attached hydrogen (secondary N) is 1. The Bertz CT molecular complexity index is 708. The Hall–Kier alpha value is -2.06. The summed E-state index contributed by atoms with van der Waals surface area (Å²) in [5.41, 5.74) is 2.65. The van der Waals surface area contributed by atoms with E-state index in [1.165, 1.54) is 5.56 Å². The fraction of sp³-hybridized carbons (Fsp3) is 0.316. The molecule has 0 radical (unpaired) electrons. The van der Waals surface area contributed by atoms with Gasteiger partial charge in [-0.2, -0.15) is 5.26 Å². The molecule has 0 saturated carbocycles. The second-order valence-electron chi connectivity index (χ2n) is 5.76. The van der Waals surface area contributed by atoms with Crippen molar-refractivity contribution in [1.29, 1.82) is 5.26 Å². The molecule has 5 heteroatoms. The van der Waals surface area contributed by atoms with Gasteiger partial charge in [-0.25, -0.2) is 0 Å². The minimum Gasteiger partial charge on any atom is -0.382 e. The molecule has 3 rings (SSSR count). The highest BCUT2D eigenvalue weighted by Gasteiger charge is 2.22. The molecule has 1 atom stereocenters. The predicted octanol–water partition coefficient (Wildman–Crippen LogP) is 3.70. The van der Waals surface area contributed by atoms with Crippen LogP contribution in [0.25, 0.3) is 0 Å². The van der Waals surface area contributed by atoms with Crippen LogP contribution in [0.15, 0.2) is 48.5 Å². The van der Waals surface area contributed by atoms with Crippen molar-refractivity contribution in [3.05, 3.63) is 64.7 Å². The Balaban J connectivity index is 1.78. The van der Waals surface area contributed by atoms with E-state index in [-0.39, 0.29) is 6.04 Å². The Morgan fingerprint density at radius 3 is 2.62 bits per heavy atom. The molecule has 0 amide bonds. The lowest BCUT2D eigenvalue weighted by Gasteiger charge is -2.35. The minimum atomic E-state index is 0.234. The summed E-state index contributed by atoms with van der Waals surface area (Å²) in [6, 6.07) is 18.2. The smallest absolute Gasteiger partial charge is 0.101 e.